The van der Waals surface area contributed by atoms with Crippen molar-refractivity contribution in [2.45, 2.75) is 51.5 Å². The van der Waals surface area contributed by atoms with E-state index in [1.807, 2.05) is 11.7 Å². The fourth-order valence-electron chi connectivity index (χ4n) is 3.00. The van der Waals surface area contributed by atoms with Crippen molar-refractivity contribution in [2.24, 2.45) is 13.0 Å². The molecule has 1 N–H and O–H groups in total. The first-order valence-corrected chi connectivity index (χ1v) is 7.51. The predicted molar refractivity (Wildman–Crippen MR) is 75.8 cm³/mol. The first-order valence-electron chi connectivity index (χ1n) is 7.13. The number of nitrogens with one attached hydrogen (secondary N) is 1. The van der Waals surface area contributed by atoms with Crippen molar-refractivity contribution in [3.8, 4) is 0 Å². The molecule has 0 amide bonds. The third-order valence-electron chi connectivity index (χ3n) is 3.95. The van der Waals surface area contributed by atoms with E-state index in [2.05, 4.69) is 17.3 Å². The molecule has 0 bridgehead atoms. The van der Waals surface area contributed by atoms with Crippen molar-refractivity contribution in [3.63, 3.8) is 0 Å². The van der Waals surface area contributed by atoms with E-state index in [4.69, 9.17) is 11.6 Å². The van der Waals surface area contributed by atoms with Gasteiger partial charge in [-0.1, -0.05) is 44.2 Å². The summed E-state index contributed by atoms with van der Waals surface area (Å²) in [5, 5.41) is 8.69. The molecule has 4 heteroatoms. The lowest BCUT2D eigenvalue weighted by Crippen LogP contribution is -2.26. The molecule has 1 aliphatic rings. The maximum atomic E-state index is 6.28. The first kappa shape index (κ1) is 13.9. The molecule has 1 aromatic rings. The summed E-state index contributed by atoms with van der Waals surface area (Å²) in [6.07, 6.45) is 9.64. The first-order chi connectivity index (χ1) is 8.72. The molecule has 0 saturated heterocycles. The zero-order valence-electron chi connectivity index (χ0n) is 11.5. The molecular weight excluding hydrogens is 246 g/mol. The van der Waals surface area contributed by atoms with Gasteiger partial charge in [-0.3, -0.25) is 4.68 Å². The predicted octanol–water partition coefficient (Wildman–Crippen LogP) is 3.69. The van der Waals surface area contributed by atoms with Crippen LogP contribution in [-0.4, -0.2) is 16.3 Å². The summed E-state index contributed by atoms with van der Waals surface area (Å²) in [5.74, 6) is 0.852. The number of aryl methyl sites for hydroxylation is 1. The van der Waals surface area contributed by atoms with Gasteiger partial charge in [-0.25, -0.2) is 0 Å². The minimum atomic E-state index is 0.355. The van der Waals surface area contributed by atoms with Crippen LogP contribution in [0.3, 0.4) is 0 Å². The molecule has 0 spiro atoms. The molecule has 1 saturated carbocycles. The summed E-state index contributed by atoms with van der Waals surface area (Å²) in [5.41, 5.74) is 1.15. The van der Waals surface area contributed by atoms with Gasteiger partial charge in [-0.2, -0.15) is 5.10 Å². The molecule has 1 aliphatic carbocycles. The van der Waals surface area contributed by atoms with Gasteiger partial charge in [-0.05, 0) is 25.3 Å². The Morgan fingerprint density at radius 2 is 2.22 bits per heavy atom. The molecule has 1 unspecified atom stereocenters. The van der Waals surface area contributed by atoms with Gasteiger partial charge >= 0.3 is 0 Å². The summed E-state index contributed by atoms with van der Waals surface area (Å²) < 4.78 is 1.92. The summed E-state index contributed by atoms with van der Waals surface area (Å²) >= 11 is 6.28. The molecule has 1 heterocycles. The van der Waals surface area contributed by atoms with Crippen LogP contribution in [0, 0.1) is 5.92 Å². The molecule has 1 atom stereocenters. The Bertz CT molecular complexity index is 350. The van der Waals surface area contributed by atoms with Gasteiger partial charge < -0.3 is 5.32 Å². The van der Waals surface area contributed by atoms with Crippen molar-refractivity contribution >= 4 is 11.6 Å². The van der Waals surface area contributed by atoms with Gasteiger partial charge in [0.15, 0.2) is 0 Å². The summed E-state index contributed by atoms with van der Waals surface area (Å²) in [4.78, 5) is 0. The van der Waals surface area contributed by atoms with Crippen molar-refractivity contribution in [2.75, 3.05) is 6.54 Å². The van der Waals surface area contributed by atoms with E-state index in [1.54, 1.807) is 6.20 Å². The minimum absolute atomic E-state index is 0.355. The van der Waals surface area contributed by atoms with Crippen molar-refractivity contribution in [1.82, 2.24) is 15.1 Å². The van der Waals surface area contributed by atoms with E-state index in [0.29, 0.717) is 6.04 Å². The van der Waals surface area contributed by atoms with Crippen molar-refractivity contribution in [3.05, 3.63) is 16.9 Å². The van der Waals surface area contributed by atoms with E-state index >= 15 is 0 Å². The van der Waals surface area contributed by atoms with E-state index in [1.165, 1.54) is 32.1 Å². The average Bonchev–Trinajstić information content (AvgIpc) is 2.96. The van der Waals surface area contributed by atoms with Gasteiger partial charge in [0.2, 0.25) is 0 Å². The molecule has 2 rings (SSSR count). The number of aromatic nitrogens is 2. The van der Waals surface area contributed by atoms with Crippen LogP contribution in [-0.2, 0) is 7.05 Å². The number of nitrogens with zero attached hydrogens (tertiary/aromatic N) is 2. The number of halogens is 1. The van der Waals surface area contributed by atoms with Crippen molar-refractivity contribution < 1.29 is 0 Å². The van der Waals surface area contributed by atoms with Crippen LogP contribution in [0.15, 0.2) is 6.20 Å². The lowest BCUT2D eigenvalue weighted by atomic mass is 9.96. The SMILES string of the molecule is CCCNC(CC1CCCC1)c1c(Cl)cnn1C. The second-order valence-corrected chi connectivity index (χ2v) is 5.80. The molecule has 18 heavy (non-hydrogen) atoms. The quantitative estimate of drug-likeness (QED) is 0.854. The highest BCUT2D eigenvalue weighted by Crippen LogP contribution is 2.34. The van der Waals surface area contributed by atoms with Crippen LogP contribution in [0.25, 0.3) is 0 Å². The van der Waals surface area contributed by atoms with E-state index in [0.717, 1.165) is 29.6 Å². The van der Waals surface area contributed by atoms with Crippen LogP contribution in [0.2, 0.25) is 5.02 Å². The molecular formula is C14H24ClN3. The summed E-state index contributed by atoms with van der Waals surface area (Å²) in [6, 6.07) is 0.355. The molecule has 0 aromatic carbocycles. The summed E-state index contributed by atoms with van der Waals surface area (Å²) in [6.45, 7) is 3.24. The van der Waals surface area contributed by atoms with Gasteiger partial charge in [-0.15, -0.1) is 0 Å². The van der Waals surface area contributed by atoms with Gasteiger partial charge in [0.25, 0.3) is 0 Å². The average molecular weight is 270 g/mol. The Kier molecular flexibility index (Phi) is 5.07. The summed E-state index contributed by atoms with van der Waals surface area (Å²) in [7, 11) is 1.98. The monoisotopic (exact) mass is 269 g/mol. The fraction of sp³-hybridized carbons (Fsp3) is 0.786. The normalized spacial score (nSPS) is 18.4. The minimum Gasteiger partial charge on any atom is -0.309 e. The van der Waals surface area contributed by atoms with Crippen LogP contribution < -0.4 is 5.32 Å². The Morgan fingerprint density at radius 1 is 1.50 bits per heavy atom. The van der Waals surface area contributed by atoms with Gasteiger partial charge in [0.05, 0.1) is 23.0 Å². The Morgan fingerprint density at radius 3 is 2.78 bits per heavy atom. The Balaban J connectivity index is 2.08. The second kappa shape index (κ2) is 6.58. The molecule has 0 aliphatic heterocycles. The Labute approximate surface area is 115 Å². The second-order valence-electron chi connectivity index (χ2n) is 5.39. The highest BCUT2D eigenvalue weighted by molar-refractivity contribution is 6.31. The van der Waals surface area contributed by atoms with E-state index in [-0.39, 0.29) is 0 Å². The molecule has 0 radical (unpaired) electrons. The Hall–Kier alpha value is -0.540. The molecule has 102 valence electrons. The largest absolute Gasteiger partial charge is 0.309 e. The smallest absolute Gasteiger partial charge is 0.0834 e. The zero-order chi connectivity index (χ0) is 13.0. The van der Waals surface area contributed by atoms with Crippen LogP contribution >= 0.6 is 11.6 Å². The number of rotatable bonds is 6. The zero-order valence-corrected chi connectivity index (χ0v) is 12.2. The van der Waals surface area contributed by atoms with Gasteiger partial charge in [0, 0.05) is 7.05 Å². The van der Waals surface area contributed by atoms with Gasteiger partial charge in [0.1, 0.15) is 0 Å². The highest BCUT2D eigenvalue weighted by Gasteiger charge is 2.24. The highest BCUT2D eigenvalue weighted by atomic mass is 35.5. The molecule has 1 aromatic heterocycles. The maximum Gasteiger partial charge on any atom is 0.0834 e. The number of hydrogen-bond acceptors (Lipinski definition) is 2. The van der Waals surface area contributed by atoms with Crippen molar-refractivity contribution in [1.29, 1.82) is 0 Å². The third kappa shape index (κ3) is 3.27. The molecule has 3 nitrogen and oxygen atoms in total. The fourth-order valence-corrected chi connectivity index (χ4v) is 3.30. The molecule has 1 fully saturated rings. The maximum absolute atomic E-state index is 6.28. The standard InChI is InChI=1S/C14H24ClN3/c1-3-8-16-13(9-11-6-4-5-7-11)14-12(15)10-17-18(14)2/h10-11,13,16H,3-9H2,1-2H3. The van der Waals surface area contributed by atoms with Crippen LogP contribution in [0.1, 0.15) is 57.2 Å². The van der Waals surface area contributed by atoms with E-state index in [9.17, 15) is 0 Å². The third-order valence-corrected chi connectivity index (χ3v) is 4.24. The lowest BCUT2D eigenvalue weighted by molar-refractivity contribution is 0.380. The number of hydrogen-bond donors (Lipinski definition) is 1. The van der Waals surface area contributed by atoms with E-state index < -0.39 is 0 Å². The van der Waals surface area contributed by atoms with Crippen LogP contribution in [0.5, 0.6) is 0 Å². The lowest BCUT2D eigenvalue weighted by Gasteiger charge is -2.22. The topological polar surface area (TPSA) is 29.9 Å². The van der Waals surface area contributed by atoms with Crippen LogP contribution in [0.4, 0.5) is 0 Å².